The van der Waals surface area contributed by atoms with E-state index in [4.69, 9.17) is 9.15 Å². The first kappa shape index (κ1) is 18.9. The van der Waals surface area contributed by atoms with E-state index in [2.05, 4.69) is 4.98 Å². The van der Waals surface area contributed by atoms with Crippen LogP contribution in [0.4, 0.5) is 0 Å². The van der Waals surface area contributed by atoms with Crippen molar-refractivity contribution in [2.75, 3.05) is 14.1 Å². The maximum Gasteiger partial charge on any atom is 0.375 e. The second kappa shape index (κ2) is 7.89. The number of thiazole rings is 1. The summed E-state index contributed by atoms with van der Waals surface area (Å²) in [6.07, 6.45) is -1.05. The number of benzene rings is 2. The van der Waals surface area contributed by atoms with Crippen molar-refractivity contribution in [2.45, 2.75) is 6.10 Å². The summed E-state index contributed by atoms with van der Waals surface area (Å²) < 4.78 is 12.2. The summed E-state index contributed by atoms with van der Waals surface area (Å²) in [5.74, 6) is -0.538. The van der Waals surface area contributed by atoms with Crippen molar-refractivity contribution >= 4 is 33.4 Å². The summed E-state index contributed by atoms with van der Waals surface area (Å²) in [6.45, 7) is 0. The van der Waals surface area contributed by atoms with E-state index in [0.29, 0.717) is 16.3 Å². The largest absolute Gasteiger partial charge is 0.447 e. The Hall–Kier alpha value is -3.45. The van der Waals surface area contributed by atoms with Gasteiger partial charge in [0.1, 0.15) is 0 Å². The number of carbonyl (C=O) groups is 2. The topological polar surface area (TPSA) is 72.6 Å². The van der Waals surface area contributed by atoms with Gasteiger partial charge in [0, 0.05) is 19.7 Å². The van der Waals surface area contributed by atoms with Gasteiger partial charge < -0.3 is 14.1 Å². The molecule has 0 aliphatic heterocycles. The Morgan fingerprint density at radius 3 is 2.45 bits per heavy atom. The van der Waals surface area contributed by atoms with Crippen molar-refractivity contribution < 1.29 is 18.7 Å². The molecule has 2 aromatic heterocycles. The first-order valence-electron chi connectivity index (χ1n) is 8.96. The number of hydrogen-bond donors (Lipinski definition) is 0. The fourth-order valence-corrected chi connectivity index (χ4v) is 3.76. The summed E-state index contributed by atoms with van der Waals surface area (Å²) >= 11 is 1.48. The predicted octanol–water partition coefficient (Wildman–Crippen LogP) is 4.54. The molecule has 0 N–H and O–H groups in total. The van der Waals surface area contributed by atoms with Crippen molar-refractivity contribution in [3.63, 3.8) is 0 Å². The van der Waals surface area contributed by atoms with E-state index in [1.54, 1.807) is 44.4 Å². The lowest BCUT2D eigenvalue weighted by molar-refractivity contribution is -0.138. The molecule has 0 unspecified atom stereocenters. The average molecular weight is 406 g/mol. The maximum absolute atomic E-state index is 12.7. The Bertz CT molecular complexity index is 1130. The van der Waals surface area contributed by atoms with E-state index >= 15 is 0 Å². The number of para-hydroxylation sites is 1. The molecule has 2 aromatic carbocycles. The number of nitrogens with zero attached hydrogens (tertiary/aromatic N) is 2. The van der Waals surface area contributed by atoms with Crippen molar-refractivity contribution in [1.82, 2.24) is 9.88 Å². The quantitative estimate of drug-likeness (QED) is 0.455. The van der Waals surface area contributed by atoms with Gasteiger partial charge in [-0.2, -0.15) is 0 Å². The monoisotopic (exact) mass is 406 g/mol. The molecule has 0 saturated carbocycles. The normalized spacial score (nSPS) is 11.9. The SMILES string of the molecule is CN(C)C(=O)[C@H](OC(=O)c1ccc(-c2nc3ccccc3s2)o1)c1ccccc1. The Kier molecular flexibility index (Phi) is 5.14. The summed E-state index contributed by atoms with van der Waals surface area (Å²) in [5.41, 5.74) is 1.46. The van der Waals surface area contributed by atoms with Gasteiger partial charge in [-0.15, -0.1) is 11.3 Å². The molecule has 4 aromatic rings. The molecule has 0 aliphatic carbocycles. The first-order valence-corrected chi connectivity index (χ1v) is 9.77. The molecule has 1 amide bonds. The zero-order valence-electron chi connectivity index (χ0n) is 15.9. The van der Waals surface area contributed by atoms with Crippen LogP contribution in [0.1, 0.15) is 22.2 Å². The minimum Gasteiger partial charge on any atom is -0.447 e. The predicted molar refractivity (Wildman–Crippen MR) is 111 cm³/mol. The number of fused-ring (bicyclic) bond motifs is 1. The highest BCUT2D eigenvalue weighted by Crippen LogP contribution is 2.31. The molecule has 0 radical (unpaired) electrons. The van der Waals surface area contributed by atoms with Gasteiger partial charge in [0.25, 0.3) is 5.91 Å². The number of carbonyl (C=O) groups excluding carboxylic acids is 2. The third-order valence-corrected chi connectivity index (χ3v) is 5.36. The van der Waals surface area contributed by atoms with E-state index in [-0.39, 0.29) is 11.7 Å². The van der Waals surface area contributed by atoms with Gasteiger partial charge in [0.15, 0.2) is 10.8 Å². The molecular weight excluding hydrogens is 388 g/mol. The Labute approximate surface area is 171 Å². The van der Waals surface area contributed by atoms with Gasteiger partial charge in [-0.3, -0.25) is 4.79 Å². The maximum atomic E-state index is 12.7. The number of esters is 1. The molecule has 29 heavy (non-hydrogen) atoms. The van der Waals surface area contributed by atoms with Crippen molar-refractivity contribution in [1.29, 1.82) is 0 Å². The zero-order valence-corrected chi connectivity index (χ0v) is 16.7. The van der Waals surface area contributed by atoms with Gasteiger partial charge in [0.05, 0.1) is 10.2 Å². The van der Waals surface area contributed by atoms with Crippen LogP contribution in [0.25, 0.3) is 21.0 Å². The van der Waals surface area contributed by atoms with Crippen molar-refractivity contribution in [3.05, 3.63) is 78.1 Å². The molecule has 0 aliphatic rings. The van der Waals surface area contributed by atoms with Crippen LogP contribution in [0, 0.1) is 0 Å². The molecule has 6 nitrogen and oxygen atoms in total. The van der Waals surface area contributed by atoms with Crippen LogP contribution in [0.15, 0.2) is 71.1 Å². The van der Waals surface area contributed by atoms with E-state index in [0.717, 1.165) is 10.2 Å². The third-order valence-electron chi connectivity index (χ3n) is 4.30. The number of likely N-dealkylation sites (N-methyl/N-ethyl adjacent to an activating group) is 1. The highest BCUT2D eigenvalue weighted by Gasteiger charge is 2.28. The standard InChI is InChI=1S/C22H18N2O4S/c1-24(2)21(25)19(14-8-4-3-5-9-14)28-22(26)17-13-12-16(27-17)20-23-15-10-6-7-11-18(15)29-20/h3-13,19H,1-2H3/t19-/m1/s1. The van der Waals surface area contributed by atoms with Crippen molar-refractivity contribution in [3.8, 4) is 10.8 Å². The number of ether oxygens (including phenoxy) is 1. The molecule has 0 spiro atoms. The first-order chi connectivity index (χ1) is 14.0. The summed E-state index contributed by atoms with van der Waals surface area (Å²) in [7, 11) is 3.23. The minimum atomic E-state index is -1.05. The summed E-state index contributed by atoms with van der Waals surface area (Å²) in [5, 5.41) is 0.675. The molecule has 146 valence electrons. The van der Waals surface area contributed by atoms with E-state index in [9.17, 15) is 9.59 Å². The second-order valence-electron chi connectivity index (χ2n) is 6.58. The zero-order chi connectivity index (χ0) is 20.4. The Morgan fingerprint density at radius 1 is 1.00 bits per heavy atom. The lowest BCUT2D eigenvalue weighted by Gasteiger charge is -2.20. The van der Waals surface area contributed by atoms with Gasteiger partial charge >= 0.3 is 5.97 Å². The van der Waals surface area contributed by atoms with Crippen molar-refractivity contribution in [2.24, 2.45) is 0 Å². The number of hydrogen-bond acceptors (Lipinski definition) is 6. The average Bonchev–Trinajstić information content (AvgIpc) is 3.39. The van der Waals surface area contributed by atoms with Crippen LogP contribution in [0.3, 0.4) is 0 Å². The fraction of sp³-hybridized carbons (Fsp3) is 0.136. The van der Waals surface area contributed by atoms with Gasteiger partial charge in [0.2, 0.25) is 11.9 Å². The molecule has 7 heteroatoms. The molecular formula is C22H18N2O4S. The molecule has 4 rings (SSSR count). The van der Waals surface area contributed by atoms with Gasteiger partial charge in [-0.25, -0.2) is 9.78 Å². The van der Waals surface area contributed by atoms with Crippen LogP contribution < -0.4 is 0 Å². The van der Waals surface area contributed by atoms with E-state index in [1.807, 2.05) is 30.3 Å². The van der Waals surface area contributed by atoms with E-state index < -0.39 is 12.1 Å². The summed E-state index contributed by atoms with van der Waals surface area (Å²) in [4.78, 5) is 31.1. The van der Waals surface area contributed by atoms with Crippen LogP contribution in [-0.2, 0) is 9.53 Å². The minimum absolute atomic E-state index is 0.0201. The van der Waals surface area contributed by atoms with Gasteiger partial charge in [-0.05, 0) is 24.3 Å². The number of furan rings is 1. The molecule has 2 heterocycles. The lowest BCUT2D eigenvalue weighted by atomic mass is 10.1. The smallest absolute Gasteiger partial charge is 0.375 e. The number of rotatable bonds is 5. The lowest BCUT2D eigenvalue weighted by Crippen LogP contribution is -2.31. The van der Waals surface area contributed by atoms with Crippen LogP contribution in [0.5, 0.6) is 0 Å². The highest BCUT2D eigenvalue weighted by atomic mass is 32.1. The van der Waals surface area contributed by atoms with Gasteiger partial charge in [-0.1, -0.05) is 42.5 Å². The molecule has 0 bridgehead atoms. The van der Waals surface area contributed by atoms with Crippen LogP contribution >= 0.6 is 11.3 Å². The molecule has 1 atom stereocenters. The third kappa shape index (κ3) is 3.90. The van der Waals surface area contributed by atoms with Crippen LogP contribution in [0.2, 0.25) is 0 Å². The highest BCUT2D eigenvalue weighted by molar-refractivity contribution is 7.21. The van der Waals surface area contributed by atoms with E-state index in [1.165, 1.54) is 22.3 Å². The second-order valence-corrected chi connectivity index (χ2v) is 7.61. The van der Waals surface area contributed by atoms with Crippen LogP contribution in [-0.4, -0.2) is 35.9 Å². The fourth-order valence-electron chi connectivity index (χ4n) is 2.83. The number of aromatic nitrogens is 1. The molecule has 0 fully saturated rings. The Morgan fingerprint density at radius 2 is 1.72 bits per heavy atom. The Balaban J connectivity index is 1.58. The number of amides is 1. The molecule has 0 saturated heterocycles. The summed E-state index contributed by atoms with van der Waals surface area (Å²) in [6, 6.07) is 19.9.